The van der Waals surface area contributed by atoms with Gasteiger partial charge in [-0.1, -0.05) is 84.0 Å². The van der Waals surface area contributed by atoms with E-state index in [9.17, 15) is 13.2 Å². The number of hydrogen-bond acceptors (Lipinski definition) is 1. The van der Waals surface area contributed by atoms with Gasteiger partial charge in [-0.15, -0.1) is 0 Å². The second-order valence-corrected chi connectivity index (χ2v) is 12.9. The second kappa shape index (κ2) is 9.43. The smallest absolute Gasteiger partial charge is 0.376 e. The van der Waals surface area contributed by atoms with E-state index in [0.717, 1.165) is 33.1 Å². The molecule has 0 radical (unpaired) electrons. The summed E-state index contributed by atoms with van der Waals surface area (Å²) in [6.07, 6.45) is -4.48. The number of hydrogen-bond donors (Lipinski definition) is 0. The van der Waals surface area contributed by atoms with Crippen molar-refractivity contribution in [3.8, 4) is 16.8 Å². The van der Waals surface area contributed by atoms with Gasteiger partial charge >= 0.3 is 6.18 Å². The Labute approximate surface area is 235 Å². The van der Waals surface area contributed by atoms with Crippen LogP contribution < -0.4 is 4.90 Å². The number of rotatable bonds is 3. The first-order chi connectivity index (χ1) is 18.6. The molecule has 0 bridgehead atoms. The molecule has 5 aromatic rings. The van der Waals surface area contributed by atoms with Gasteiger partial charge in [0.05, 0.1) is 28.0 Å². The lowest BCUT2D eigenvalue weighted by Crippen LogP contribution is -2.16. The van der Waals surface area contributed by atoms with Crippen LogP contribution in [-0.4, -0.2) is 18.7 Å². The number of halogens is 3. The minimum absolute atomic E-state index is 0.0530. The molecule has 5 heteroatoms. The molecule has 0 spiro atoms. The van der Waals surface area contributed by atoms with Crippen LogP contribution in [0.15, 0.2) is 78.9 Å². The summed E-state index contributed by atoms with van der Waals surface area (Å²) in [6.45, 7) is 13.2. The highest BCUT2D eigenvalue weighted by molar-refractivity contribution is 6.11. The van der Waals surface area contributed by atoms with E-state index in [2.05, 4.69) is 82.5 Å². The van der Waals surface area contributed by atoms with Gasteiger partial charge in [0.2, 0.25) is 0 Å². The molecule has 0 aliphatic heterocycles. The van der Waals surface area contributed by atoms with Crippen LogP contribution in [0, 0.1) is 0 Å². The summed E-state index contributed by atoms with van der Waals surface area (Å²) in [5.74, 6) is 0. The molecule has 0 aliphatic rings. The predicted octanol–water partition coefficient (Wildman–Crippen LogP) is 10.1. The molecule has 0 unspecified atom stereocenters. The van der Waals surface area contributed by atoms with Crippen molar-refractivity contribution in [3.63, 3.8) is 0 Å². The molecule has 0 N–H and O–H groups in total. The van der Waals surface area contributed by atoms with E-state index in [4.69, 9.17) is 0 Å². The molecule has 40 heavy (non-hydrogen) atoms. The van der Waals surface area contributed by atoms with Crippen molar-refractivity contribution in [3.05, 3.63) is 95.6 Å². The summed E-state index contributed by atoms with van der Waals surface area (Å²) in [6, 6.07) is 25.0. The number of aromatic nitrogens is 1. The first kappa shape index (κ1) is 27.8. The number of fused-ring (bicyclic) bond motifs is 3. The van der Waals surface area contributed by atoms with Gasteiger partial charge < -0.3 is 9.47 Å². The molecule has 1 aromatic heterocycles. The molecule has 0 saturated carbocycles. The van der Waals surface area contributed by atoms with Crippen LogP contribution in [0.1, 0.15) is 58.2 Å². The Hall–Kier alpha value is -3.73. The molecule has 208 valence electrons. The maximum Gasteiger partial charge on any atom is 0.416 e. The Morgan fingerprint density at radius 1 is 0.600 bits per heavy atom. The molecule has 0 atom stereocenters. The fourth-order valence-electron chi connectivity index (χ4n) is 5.39. The summed E-state index contributed by atoms with van der Waals surface area (Å²) in [5, 5.41) is 2.19. The average molecular weight is 543 g/mol. The monoisotopic (exact) mass is 542 g/mol. The van der Waals surface area contributed by atoms with Crippen LogP contribution in [0.25, 0.3) is 38.6 Å². The second-order valence-electron chi connectivity index (χ2n) is 12.9. The van der Waals surface area contributed by atoms with E-state index in [1.807, 2.05) is 30.3 Å². The topological polar surface area (TPSA) is 8.17 Å². The van der Waals surface area contributed by atoms with E-state index in [1.165, 1.54) is 23.3 Å². The Bertz CT molecular complexity index is 1640. The third kappa shape index (κ3) is 4.87. The van der Waals surface area contributed by atoms with Crippen LogP contribution in [-0.2, 0) is 17.0 Å². The summed E-state index contributed by atoms with van der Waals surface area (Å²) in [4.78, 5) is 1.78. The van der Waals surface area contributed by atoms with Crippen LogP contribution in [0.5, 0.6) is 0 Å². The van der Waals surface area contributed by atoms with Gasteiger partial charge in [-0.3, -0.25) is 0 Å². The third-order valence-corrected chi connectivity index (χ3v) is 7.70. The van der Waals surface area contributed by atoms with Gasteiger partial charge in [-0.05, 0) is 63.9 Å². The zero-order valence-corrected chi connectivity index (χ0v) is 24.5. The summed E-state index contributed by atoms with van der Waals surface area (Å²) >= 11 is 0. The quantitative estimate of drug-likeness (QED) is 0.220. The fourth-order valence-corrected chi connectivity index (χ4v) is 5.39. The van der Waals surface area contributed by atoms with Gasteiger partial charge in [0.25, 0.3) is 0 Å². The highest BCUT2D eigenvalue weighted by Crippen LogP contribution is 2.45. The Morgan fingerprint density at radius 3 is 1.52 bits per heavy atom. The standard InChI is InChI=1S/C35H37F3N2/c1-33(2,3)23-14-16-29-27(18-23)28-19-24(34(4,5)6)15-17-30(28)40(29)32-26(22-12-10-9-11-13-22)20-25(35(36,37)38)21-31(32)39(7)8/h9-21H,1-8H3. The van der Waals surface area contributed by atoms with Gasteiger partial charge in [0.15, 0.2) is 0 Å². The molecular weight excluding hydrogens is 505 g/mol. The van der Waals surface area contributed by atoms with Gasteiger partial charge in [0.1, 0.15) is 0 Å². The van der Waals surface area contributed by atoms with Gasteiger partial charge in [-0.25, -0.2) is 0 Å². The average Bonchev–Trinajstić information content (AvgIpc) is 3.19. The van der Waals surface area contributed by atoms with Crippen molar-refractivity contribution in [2.45, 2.75) is 58.5 Å². The summed E-state index contributed by atoms with van der Waals surface area (Å²) in [5.41, 5.74) is 6.10. The van der Waals surface area contributed by atoms with E-state index in [-0.39, 0.29) is 10.8 Å². The minimum atomic E-state index is -4.48. The maximum atomic E-state index is 14.2. The van der Waals surface area contributed by atoms with E-state index in [1.54, 1.807) is 19.0 Å². The van der Waals surface area contributed by atoms with E-state index >= 15 is 0 Å². The van der Waals surface area contributed by atoms with Crippen molar-refractivity contribution in [1.29, 1.82) is 0 Å². The first-order valence-electron chi connectivity index (χ1n) is 13.6. The lowest BCUT2D eigenvalue weighted by atomic mass is 9.85. The van der Waals surface area contributed by atoms with Crippen LogP contribution in [0.2, 0.25) is 0 Å². The predicted molar refractivity (Wildman–Crippen MR) is 163 cm³/mol. The molecule has 4 aromatic carbocycles. The lowest BCUT2D eigenvalue weighted by molar-refractivity contribution is -0.137. The number of nitrogens with zero attached hydrogens (tertiary/aromatic N) is 2. The number of benzene rings is 4. The Kier molecular flexibility index (Phi) is 6.56. The molecule has 2 nitrogen and oxygen atoms in total. The molecule has 0 aliphatic carbocycles. The summed E-state index contributed by atoms with van der Waals surface area (Å²) < 4.78 is 44.7. The lowest BCUT2D eigenvalue weighted by Gasteiger charge is -2.25. The number of anilines is 1. The largest absolute Gasteiger partial charge is 0.416 e. The SMILES string of the molecule is CN(C)c1cc(C(F)(F)F)cc(-c2ccccc2)c1-n1c2ccc(C(C)(C)C)cc2c2cc(C(C)(C)C)ccc21. The van der Waals surface area contributed by atoms with Crippen molar-refractivity contribution in [2.24, 2.45) is 0 Å². The van der Waals surface area contributed by atoms with E-state index < -0.39 is 11.7 Å². The van der Waals surface area contributed by atoms with Crippen LogP contribution in [0.4, 0.5) is 18.9 Å². The van der Waals surface area contributed by atoms with Crippen LogP contribution >= 0.6 is 0 Å². The van der Waals surface area contributed by atoms with Crippen molar-refractivity contribution < 1.29 is 13.2 Å². The molecular formula is C35H37F3N2. The first-order valence-corrected chi connectivity index (χ1v) is 13.6. The molecule has 0 saturated heterocycles. The van der Waals surface area contributed by atoms with Crippen LogP contribution in [0.3, 0.4) is 0 Å². The van der Waals surface area contributed by atoms with Crippen molar-refractivity contribution >= 4 is 27.5 Å². The molecule has 5 rings (SSSR count). The highest BCUT2D eigenvalue weighted by Gasteiger charge is 2.34. The zero-order chi connectivity index (χ0) is 29.2. The van der Waals surface area contributed by atoms with Gasteiger partial charge in [-0.2, -0.15) is 13.2 Å². The van der Waals surface area contributed by atoms with Gasteiger partial charge in [0, 0.05) is 30.4 Å². The van der Waals surface area contributed by atoms with Crippen molar-refractivity contribution in [2.75, 3.05) is 19.0 Å². The zero-order valence-electron chi connectivity index (χ0n) is 24.5. The Morgan fingerprint density at radius 2 is 1.10 bits per heavy atom. The van der Waals surface area contributed by atoms with E-state index in [0.29, 0.717) is 11.3 Å². The Balaban J connectivity index is 1.99. The maximum absolute atomic E-state index is 14.2. The summed E-state index contributed by atoms with van der Waals surface area (Å²) in [7, 11) is 3.61. The minimum Gasteiger partial charge on any atom is -0.376 e. The third-order valence-electron chi connectivity index (χ3n) is 7.70. The molecule has 0 fully saturated rings. The highest BCUT2D eigenvalue weighted by atomic mass is 19.4. The molecule has 1 heterocycles. The molecule has 0 amide bonds. The normalized spacial score (nSPS) is 12.9. The fraction of sp³-hybridized carbons (Fsp3) is 0.314. The number of alkyl halides is 3. The van der Waals surface area contributed by atoms with Crippen molar-refractivity contribution in [1.82, 2.24) is 4.57 Å².